The molecule has 0 aliphatic rings. The van der Waals surface area contributed by atoms with Crippen molar-refractivity contribution in [3.05, 3.63) is 83.6 Å². The third-order valence-corrected chi connectivity index (χ3v) is 20.1. The van der Waals surface area contributed by atoms with Gasteiger partial charge >= 0.3 is 0 Å². The first kappa shape index (κ1) is 73.5. The summed E-state index contributed by atoms with van der Waals surface area (Å²) >= 11 is 0. The molecular formula is C68H114P2Pt+2. The number of rotatable bonds is 42. The maximum absolute atomic E-state index is 6.77. The van der Waals surface area contributed by atoms with E-state index >= 15 is 0 Å². The molecule has 0 spiro atoms. The van der Waals surface area contributed by atoms with Crippen LogP contribution in [-0.4, -0.2) is 37.0 Å². The zero-order valence-corrected chi connectivity index (χ0v) is 52.1. The Bertz CT molecular complexity index is 1240. The van der Waals surface area contributed by atoms with E-state index in [0.29, 0.717) is 0 Å². The fraction of sp³-hybridized carbons (Fsp3) is 0.706. The van der Waals surface area contributed by atoms with Crippen LogP contribution in [0.5, 0.6) is 0 Å². The van der Waals surface area contributed by atoms with E-state index in [2.05, 4.69) is 65.2 Å². The molecule has 2 radical (unpaired) electrons. The average Bonchev–Trinajstić information content (AvgIpc) is 3.40. The van der Waals surface area contributed by atoms with Crippen molar-refractivity contribution in [1.29, 1.82) is 0 Å². The fourth-order valence-corrected chi connectivity index (χ4v) is 15.0. The van der Waals surface area contributed by atoms with E-state index in [-0.39, 0.29) is 36.9 Å². The van der Waals surface area contributed by atoms with E-state index in [0.717, 1.165) is 22.3 Å². The van der Waals surface area contributed by atoms with Gasteiger partial charge in [-0.3, -0.25) is 0 Å². The molecule has 0 N–H and O–H groups in total. The Morgan fingerprint density at radius 3 is 0.592 bits per heavy atom. The van der Waals surface area contributed by atoms with Crippen molar-refractivity contribution >= 4 is 15.8 Å². The monoisotopic (exact) mass is 1190 g/mol. The van der Waals surface area contributed by atoms with Gasteiger partial charge < -0.3 is 0 Å². The van der Waals surface area contributed by atoms with Gasteiger partial charge in [0.15, 0.2) is 0 Å². The van der Waals surface area contributed by atoms with Crippen LogP contribution < -0.4 is 0 Å². The largest absolute Gasteiger partial charge is 0.115 e. The first-order chi connectivity index (χ1) is 34.4. The molecule has 0 nitrogen and oxygen atoms in total. The molecule has 2 rings (SSSR count). The molecule has 2 aromatic carbocycles. The zero-order valence-electron chi connectivity index (χ0n) is 47.8. The van der Waals surface area contributed by atoms with E-state index in [1.54, 1.807) is 124 Å². The minimum Gasteiger partial charge on any atom is -0.115 e. The van der Waals surface area contributed by atoms with Gasteiger partial charge in [0, 0.05) is 59.2 Å². The maximum atomic E-state index is 6.77. The van der Waals surface area contributed by atoms with Crippen LogP contribution in [0.25, 0.3) is 0 Å². The standard InChI is InChI=1S/2C24H51P.2C10H5.Pt/c2*1-4-7-10-13-16-19-22-25(23-20-17-14-11-8-5-2)24-21-18-15-12-9-6-3;2*1-3-9-5-7-10(4-2)8-6-9;/h2*4-24H2,1-3H3;2*1,5-8H;/p+2. The molecule has 0 heterocycles. The third-order valence-electron chi connectivity index (χ3n) is 13.7. The Morgan fingerprint density at radius 2 is 0.437 bits per heavy atom. The topological polar surface area (TPSA) is 0 Å². The number of hydrogen-bond donors (Lipinski definition) is 0. The molecule has 0 aromatic heterocycles. The summed E-state index contributed by atoms with van der Waals surface area (Å²) in [6.45, 7) is 13.9. The van der Waals surface area contributed by atoms with Gasteiger partial charge in [-0.25, -0.2) is 0 Å². The summed E-state index contributed by atoms with van der Waals surface area (Å²) in [5.74, 6) is 9.50. The minimum absolute atomic E-state index is 0. The van der Waals surface area contributed by atoms with E-state index < -0.39 is 0 Å². The summed E-state index contributed by atoms with van der Waals surface area (Å²) in [7, 11) is -0.0444. The Kier molecular flexibility index (Phi) is 64.7. The van der Waals surface area contributed by atoms with Gasteiger partial charge in [-0.05, 0) is 138 Å². The van der Waals surface area contributed by atoms with Crippen LogP contribution in [0.15, 0.2) is 48.5 Å². The molecule has 3 heteroatoms. The van der Waals surface area contributed by atoms with E-state index in [9.17, 15) is 0 Å². The summed E-state index contributed by atoms with van der Waals surface area (Å²) in [5, 5.41) is 0. The van der Waals surface area contributed by atoms with Crippen molar-refractivity contribution in [2.24, 2.45) is 0 Å². The summed E-state index contributed by atoms with van der Waals surface area (Å²) < 4.78 is 0. The maximum Gasteiger partial charge on any atom is 0.0571 e. The molecule has 0 saturated heterocycles. The number of terminal acetylenes is 2. The molecule has 0 amide bonds. The second kappa shape index (κ2) is 62.5. The summed E-state index contributed by atoms with van der Waals surface area (Å²) in [6, 6.07) is 14.2. The molecule has 404 valence electrons. The third kappa shape index (κ3) is 54.3. The predicted octanol–water partition coefficient (Wildman–Crippen LogP) is 21.8. The summed E-state index contributed by atoms with van der Waals surface area (Å²) in [5.41, 5.74) is 3.16. The quantitative estimate of drug-likeness (QED) is 0.0353. The van der Waals surface area contributed by atoms with Crippen LogP contribution in [-0.2, 0) is 21.1 Å². The Morgan fingerprint density at radius 1 is 0.282 bits per heavy atom. The van der Waals surface area contributed by atoms with Crippen LogP contribution >= 0.6 is 15.8 Å². The van der Waals surface area contributed by atoms with E-state index in [4.69, 9.17) is 25.7 Å². The molecule has 2 aromatic rings. The van der Waals surface area contributed by atoms with Crippen molar-refractivity contribution in [2.75, 3.05) is 37.0 Å². The molecular weight excluding hydrogens is 1070 g/mol. The minimum atomic E-state index is -0.0222. The molecule has 0 fully saturated rings. The van der Waals surface area contributed by atoms with Gasteiger partial charge in [0.2, 0.25) is 0 Å². The SMILES string of the molecule is CCCCCCCC[PH+](CCCCCCCC)CCCCCCCC.CCCCCCCC[PH+](CCCCCCCC)CCCCCCCC.[C]#Cc1ccc(C#C)cc1.[C]#Cc1ccc(C#C)cc1.[Pt]. The second-order valence-electron chi connectivity index (χ2n) is 20.3. The van der Waals surface area contributed by atoms with Crippen molar-refractivity contribution < 1.29 is 21.1 Å². The van der Waals surface area contributed by atoms with Gasteiger partial charge in [-0.1, -0.05) is 219 Å². The molecule has 0 aliphatic heterocycles. The predicted molar refractivity (Wildman–Crippen MR) is 327 cm³/mol. The molecule has 0 atom stereocenters. The average molecular weight is 1190 g/mol. The number of benzene rings is 2. The van der Waals surface area contributed by atoms with Crippen LogP contribution in [0, 0.1) is 49.4 Å². The Balaban J connectivity index is -0.000000933. The van der Waals surface area contributed by atoms with Crippen molar-refractivity contribution in [1.82, 2.24) is 0 Å². The van der Waals surface area contributed by atoms with Gasteiger partial charge in [0.25, 0.3) is 0 Å². The van der Waals surface area contributed by atoms with Gasteiger partial charge in [-0.2, -0.15) is 0 Å². The smallest absolute Gasteiger partial charge is 0.0571 e. The summed E-state index contributed by atoms with van der Waals surface area (Å²) in [4.78, 5) is 0. The van der Waals surface area contributed by atoms with Crippen LogP contribution in [0.4, 0.5) is 0 Å². The second-order valence-corrected chi connectivity index (χ2v) is 26.3. The molecule has 0 saturated carbocycles. The van der Waals surface area contributed by atoms with E-state index in [1.807, 2.05) is 0 Å². The van der Waals surface area contributed by atoms with Gasteiger partial charge in [0.05, 0.1) is 37.0 Å². The first-order valence-corrected chi connectivity index (χ1v) is 34.3. The normalized spacial score (nSPS) is 10.3. The number of hydrogen-bond acceptors (Lipinski definition) is 0. The molecule has 0 aliphatic carbocycles. The fourth-order valence-electron chi connectivity index (χ4n) is 8.98. The molecule has 0 bridgehead atoms. The summed E-state index contributed by atoms with van der Waals surface area (Å²) in [6.07, 6.45) is 86.8. The molecule has 71 heavy (non-hydrogen) atoms. The van der Waals surface area contributed by atoms with E-state index in [1.165, 1.54) is 193 Å². The zero-order chi connectivity index (χ0) is 51.6. The van der Waals surface area contributed by atoms with Crippen LogP contribution in [0.2, 0.25) is 0 Å². The van der Waals surface area contributed by atoms with Crippen LogP contribution in [0.1, 0.15) is 295 Å². The molecule has 0 unspecified atom stereocenters. The van der Waals surface area contributed by atoms with Gasteiger partial charge in [-0.15, -0.1) is 12.8 Å². The van der Waals surface area contributed by atoms with Gasteiger partial charge in [0.1, 0.15) is 0 Å². The van der Waals surface area contributed by atoms with Crippen molar-refractivity contribution in [3.8, 4) is 36.5 Å². The Labute approximate surface area is 463 Å². The number of unbranched alkanes of at least 4 members (excludes halogenated alkanes) is 30. The first-order valence-electron chi connectivity index (χ1n) is 30.1. The van der Waals surface area contributed by atoms with Crippen molar-refractivity contribution in [2.45, 2.75) is 273 Å². The Hall–Kier alpha value is -1.77. The van der Waals surface area contributed by atoms with Crippen LogP contribution in [0.3, 0.4) is 0 Å². The van der Waals surface area contributed by atoms with Crippen molar-refractivity contribution in [3.63, 3.8) is 0 Å².